The highest BCUT2D eigenvalue weighted by Gasteiger charge is 2.07. The molecule has 0 saturated heterocycles. The van der Waals surface area contributed by atoms with Crippen molar-refractivity contribution in [2.75, 3.05) is 0 Å². The Hall–Kier alpha value is -3.58. The summed E-state index contributed by atoms with van der Waals surface area (Å²) >= 11 is 0. The van der Waals surface area contributed by atoms with Crippen LogP contribution in [0, 0.1) is 6.92 Å². The minimum atomic E-state index is 0.604. The number of benzene rings is 3. The normalized spacial score (nSPS) is 10.8. The molecule has 198 valence electrons. The van der Waals surface area contributed by atoms with Crippen LogP contribution >= 0.6 is 0 Å². The van der Waals surface area contributed by atoms with Crippen molar-refractivity contribution in [1.29, 1.82) is 0 Å². The SMILES string of the molecule is C=C(N)c1ccccc1-c1ccc(C2=CCCC=C2)cc1.C=CC.CC.CC.CCc1ccccc1C. The molecule has 3 aromatic rings. The lowest BCUT2D eigenvalue weighted by molar-refractivity contribution is 1.04. The molecule has 1 aliphatic carbocycles. The van der Waals surface area contributed by atoms with Crippen LogP contribution in [0.4, 0.5) is 0 Å². The predicted molar refractivity (Wildman–Crippen MR) is 171 cm³/mol. The molecule has 0 fully saturated rings. The van der Waals surface area contributed by atoms with Crippen LogP contribution in [0.5, 0.6) is 0 Å². The van der Waals surface area contributed by atoms with E-state index in [0.717, 1.165) is 30.4 Å². The molecule has 0 amide bonds. The Morgan fingerprint density at radius 3 is 1.86 bits per heavy atom. The summed E-state index contributed by atoms with van der Waals surface area (Å²) in [5.41, 5.74) is 15.2. The molecule has 0 heterocycles. The molecule has 2 N–H and O–H groups in total. The van der Waals surface area contributed by atoms with Gasteiger partial charge >= 0.3 is 0 Å². The van der Waals surface area contributed by atoms with Crippen molar-refractivity contribution in [2.24, 2.45) is 5.73 Å². The molecular formula is C36H49N. The van der Waals surface area contributed by atoms with Crippen molar-refractivity contribution in [1.82, 2.24) is 0 Å². The molecule has 37 heavy (non-hydrogen) atoms. The van der Waals surface area contributed by atoms with E-state index in [0.29, 0.717) is 5.70 Å². The fourth-order valence-corrected chi connectivity index (χ4v) is 3.69. The third-order valence-corrected chi connectivity index (χ3v) is 5.44. The summed E-state index contributed by atoms with van der Waals surface area (Å²) in [6, 6.07) is 25.3. The first-order chi connectivity index (χ1) is 18.0. The molecule has 3 aromatic carbocycles. The average Bonchev–Trinajstić information content (AvgIpc) is 2.97. The Balaban J connectivity index is 0.000000675. The summed E-state index contributed by atoms with van der Waals surface area (Å²) in [5, 5.41) is 0. The van der Waals surface area contributed by atoms with Crippen LogP contribution in [-0.4, -0.2) is 0 Å². The smallest absolute Gasteiger partial charge is 0.0320 e. The average molecular weight is 496 g/mol. The van der Waals surface area contributed by atoms with E-state index in [2.05, 4.69) is 99.8 Å². The highest BCUT2D eigenvalue weighted by molar-refractivity contribution is 5.81. The molecule has 0 aliphatic heterocycles. The number of hydrogen-bond acceptors (Lipinski definition) is 1. The van der Waals surface area contributed by atoms with E-state index in [1.807, 2.05) is 52.8 Å². The summed E-state index contributed by atoms with van der Waals surface area (Å²) in [7, 11) is 0. The maximum absolute atomic E-state index is 5.89. The van der Waals surface area contributed by atoms with Gasteiger partial charge in [-0.1, -0.05) is 138 Å². The van der Waals surface area contributed by atoms with E-state index in [1.165, 1.54) is 27.8 Å². The van der Waals surface area contributed by atoms with Gasteiger partial charge in [0.15, 0.2) is 0 Å². The van der Waals surface area contributed by atoms with Gasteiger partial charge in [0, 0.05) is 11.3 Å². The van der Waals surface area contributed by atoms with E-state index in [4.69, 9.17) is 5.73 Å². The molecule has 1 heteroatoms. The molecule has 1 nitrogen and oxygen atoms in total. The highest BCUT2D eigenvalue weighted by atomic mass is 14.6. The van der Waals surface area contributed by atoms with Crippen molar-refractivity contribution >= 4 is 11.3 Å². The lowest BCUT2D eigenvalue weighted by Crippen LogP contribution is -1.96. The largest absolute Gasteiger partial charge is 0.399 e. The van der Waals surface area contributed by atoms with Gasteiger partial charge in [-0.05, 0) is 66.5 Å². The Labute approximate surface area is 228 Å². The fourth-order valence-electron chi connectivity index (χ4n) is 3.69. The third kappa shape index (κ3) is 11.8. The van der Waals surface area contributed by atoms with Crippen LogP contribution in [-0.2, 0) is 6.42 Å². The zero-order valence-electron chi connectivity index (χ0n) is 24.4. The zero-order valence-corrected chi connectivity index (χ0v) is 24.4. The van der Waals surface area contributed by atoms with Crippen molar-refractivity contribution in [3.05, 3.63) is 133 Å². The number of nitrogens with two attached hydrogens (primary N) is 1. The highest BCUT2D eigenvalue weighted by Crippen LogP contribution is 2.29. The van der Waals surface area contributed by atoms with E-state index in [-0.39, 0.29) is 0 Å². The first-order valence-electron chi connectivity index (χ1n) is 13.6. The summed E-state index contributed by atoms with van der Waals surface area (Å²) in [6.07, 6.45) is 11.9. The van der Waals surface area contributed by atoms with Crippen LogP contribution in [0.1, 0.15) is 76.6 Å². The molecule has 0 atom stereocenters. The number of aryl methyl sites for hydroxylation is 2. The van der Waals surface area contributed by atoms with Crippen LogP contribution in [0.25, 0.3) is 22.4 Å². The lowest BCUT2D eigenvalue weighted by atomic mass is 9.94. The van der Waals surface area contributed by atoms with Crippen molar-refractivity contribution in [2.45, 2.75) is 67.7 Å². The second-order valence-corrected chi connectivity index (χ2v) is 7.98. The van der Waals surface area contributed by atoms with Crippen molar-refractivity contribution < 1.29 is 0 Å². The van der Waals surface area contributed by atoms with Gasteiger partial charge in [-0.2, -0.15) is 0 Å². The first-order valence-corrected chi connectivity index (χ1v) is 13.6. The lowest BCUT2D eigenvalue weighted by Gasteiger charge is -2.11. The summed E-state index contributed by atoms with van der Waals surface area (Å²) in [5.74, 6) is 0. The Morgan fingerprint density at radius 1 is 0.838 bits per heavy atom. The number of hydrogen-bond donors (Lipinski definition) is 1. The first kappa shape index (κ1) is 33.4. The summed E-state index contributed by atoms with van der Waals surface area (Å²) < 4.78 is 0. The van der Waals surface area contributed by atoms with Gasteiger partial charge < -0.3 is 5.73 Å². The van der Waals surface area contributed by atoms with Crippen LogP contribution in [0.2, 0.25) is 0 Å². The quantitative estimate of drug-likeness (QED) is 0.358. The molecule has 0 radical (unpaired) electrons. The van der Waals surface area contributed by atoms with Crippen LogP contribution in [0.15, 0.2) is 110 Å². The van der Waals surface area contributed by atoms with E-state index in [9.17, 15) is 0 Å². The van der Waals surface area contributed by atoms with Gasteiger partial charge in [0.1, 0.15) is 0 Å². The van der Waals surface area contributed by atoms with E-state index >= 15 is 0 Å². The van der Waals surface area contributed by atoms with Gasteiger partial charge in [0.05, 0.1) is 0 Å². The minimum absolute atomic E-state index is 0.604. The minimum Gasteiger partial charge on any atom is -0.399 e. The van der Waals surface area contributed by atoms with E-state index in [1.54, 1.807) is 6.08 Å². The summed E-state index contributed by atoms with van der Waals surface area (Å²) in [6.45, 7) is 21.4. The third-order valence-electron chi connectivity index (χ3n) is 5.44. The van der Waals surface area contributed by atoms with E-state index < -0.39 is 0 Å². The molecule has 0 unspecified atom stereocenters. The zero-order chi connectivity index (χ0) is 28.1. The van der Waals surface area contributed by atoms with Crippen LogP contribution < -0.4 is 5.73 Å². The maximum Gasteiger partial charge on any atom is 0.0320 e. The molecular weight excluding hydrogens is 446 g/mol. The monoisotopic (exact) mass is 495 g/mol. The van der Waals surface area contributed by atoms with Gasteiger partial charge in [-0.3, -0.25) is 0 Å². The molecule has 0 aromatic heterocycles. The Kier molecular flexibility index (Phi) is 18.6. The predicted octanol–water partition coefficient (Wildman–Crippen LogP) is 10.8. The Morgan fingerprint density at radius 2 is 1.38 bits per heavy atom. The maximum atomic E-state index is 5.89. The topological polar surface area (TPSA) is 26.0 Å². The molecule has 4 rings (SSSR count). The summed E-state index contributed by atoms with van der Waals surface area (Å²) in [4.78, 5) is 0. The molecule has 0 saturated carbocycles. The standard InChI is InChI=1S/C20H19N.C9H12.C3H6.2C2H6/c1-15(21)19-9-5-6-10-20(19)18-13-11-17(12-14-18)16-7-3-2-4-8-16;1-3-9-7-5-4-6-8(9)2;1-3-2;2*1-2/h3,5-14H,1-2,4,21H2;4-7H,3H2,1-2H3;3H,1H2,2H3;2*1-2H3. The number of allylic oxidation sites excluding steroid dienone is 5. The molecule has 0 bridgehead atoms. The fraction of sp³-hybridized carbons (Fsp3) is 0.278. The van der Waals surface area contributed by atoms with Gasteiger partial charge in [-0.25, -0.2) is 0 Å². The second kappa shape index (κ2) is 20.6. The van der Waals surface area contributed by atoms with Crippen molar-refractivity contribution in [3.8, 4) is 11.1 Å². The molecule has 0 spiro atoms. The van der Waals surface area contributed by atoms with Crippen molar-refractivity contribution in [3.63, 3.8) is 0 Å². The van der Waals surface area contributed by atoms with Gasteiger partial charge in [0.2, 0.25) is 0 Å². The van der Waals surface area contributed by atoms with Gasteiger partial charge in [0.25, 0.3) is 0 Å². The molecule has 1 aliphatic rings. The van der Waals surface area contributed by atoms with Crippen LogP contribution in [0.3, 0.4) is 0 Å². The number of rotatable bonds is 4. The van der Waals surface area contributed by atoms with Gasteiger partial charge in [-0.15, -0.1) is 6.58 Å². The Bertz CT molecular complexity index is 1100. The second-order valence-electron chi connectivity index (χ2n) is 7.98.